The molecule has 0 radical (unpaired) electrons. The van der Waals surface area contributed by atoms with Crippen molar-refractivity contribution in [1.29, 1.82) is 0 Å². The van der Waals surface area contributed by atoms with Crippen LogP contribution < -0.4 is 10.6 Å². The predicted octanol–water partition coefficient (Wildman–Crippen LogP) is 1.53. The van der Waals surface area contributed by atoms with Crippen LogP contribution in [-0.4, -0.2) is 33.6 Å². The van der Waals surface area contributed by atoms with Crippen molar-refractivity contribution in [1.82, 2.24) is 15.1 Å². The summed E-state index contributed by atoms with van der Waals surface area (Å²) < 4.78 is 1.79. The Labute approximate surface area is 107 Å². The van der Waals surface area contributed by atoms with Gasteiger partial charge in [-0.3, -0.25) is 4.68 Å². The van der Waals surface area contributed by atoms with E-state index < -0.39 is 6.10 Å². The Balaban J connectivity index is 2.43. The van der Waals surface area contributed by atoms with Crippen molar-refractivity contribution >= 4 is 11.7 Å². The van der Waals surface area contributed by atoms with E-state index in [0.717, 1.165) is 0 Å². The Morgan fingerprint density at radius 2 is 2.22 bits per heavy atom. The van der Waals surface area contributed by atoms with Gasteiger partial charge in [0.1, 0.15) is 0 Å². The van der Waals surface area contributed by atoms with Gasteiger partial charge in [-0.15, -0.1) is 0 Å². The summed E-state index contributed by atoms with van der Waals surface area (Å²) in [5.74, 6) is 0. The number of aliphatic hydroxyl groups excluding tert-OH is 1. The maximum atomic E-state index is 11.5. The molecular formula is C12H22N4O2. The summed E-state index contributed by atoms with van der Waals surface area (Å²) in [4.78, 5) is 11.5. The van der Waals surface area contributed by atoms with Crippen LogP contribution >= 0.6 is 0 Å². The zero-order chi connectivity index (χ0) is 13.8. The highest BCUT2D eigenvalue weighted by Crippen LogP contribution is 2.15. The summed E-state index contributed by atoms with van der Waals surface area (Å²) in [7, 11) is 0. The first-order chi connectivity index (χ1) is 8.29. The molecule has 3 N–H and O–H groups in total. The molecule has 0 aliphatic rings. The maximum Gasteiger partial charge on any atom is 0.319 e. The highest BCUT2D eigenvalue weighted by atomic mass is 16.3. The molecular weight excluding hydrogens is 232 g/mol. The monoisotopic (exact) mass is 254 g/mol. The second-order valence-electron chi connectivity index (χ2n) is 5.36. The zero-order valence-electron chi connectivity index (χ0n) is 11.4. The molecule has 2 amide bonds. The number of nitrogens with one attached hydrogen (secondary N) is 2. The van der Waals surface area contributed by atoms with Crippen molar-refractivity contribution in [3.05, 3.63) is 12.4 Å². The quantitative estimate of drug-likeness (QED) is 0.762. The molecule has 0 aliphatic heterocycles. The number of urea groups is 1. The maximum absolute atomic E-state index is 11.5. The van der Waals surface area contributed by atoms with Gasteiger partial charge in [-0.25, -0.2) is 4.79 Å². The van der Waals surface area contributed by atoms with Gasteiger partial charge in [-0.05, 0) is 34.1 Å². The lowest BCUT2D eigenvalue weighted by atomic mass is 10.1. The highest BCUT2D eigenvalue weighted by molar-refractivity contribution is 5.88. The van der Waals surface area contributed by atoms with Gasteiger partial charge in [-0.2, -0.15) is 5.10 Å². The van der Waals surface area contributed by atoms with Crippen molar-refractivity contribution in [2.75, 3.05) is 11.9 Å². The molecule has 1 atom stereocenters. The minimum Gasteiger partial charge on any atom is -0.393 e. The summed E-state index contributed by atoms with van der Waals surface area (Å²) in [6.07, 6.45) is 3.52. The van der Waals surface area contributed by atoms with Crippen LogP contribution in [-0.2, 0) is 5.54 Å². The molecule has 102 valence electrons. The van der Waals surface area contributed by atoms with E-state index in [9.17, 15) is 4.79 Å². The van der Waals surface area contributed by atoms with E-state index in [1.807, 2.05) is 20.8 Å². The van der Waals surface area contributed by atoms with Crippen molar-refractivity contribution in [2.45, 2.75) is 45.8 Å². The number of carbonyl (C=O) groups is 1. The molecule has 6 heteroatoms. The number of rotatable bonds is 4. The average molecular weight is 254 g/mol. The molecule has 1 heterocycles. The lowest BCUT2D eigenvalue weighted by Crippen LogP contribution is -2.30. The third-order valence-electron chi connectivity index (χ3n) is 2.38. The van der Waals surface area contributed by atoms with E-state index in [1.165, 1.54) is 0 Å². The van der Waals surface area contributed by atoms with Crippen molar-refractivity contribution in [3.63, 3.8) is 0 Å². The van der Waals surface area contributed by atoms with E-state index in [-0.39, 0.29) is 11.6 Å². The Morgan fingerprint density at radius 1 is 1.56 bits per heavy atom. The SMILES string of the molecule is CC(O)CCNC(=O)Nc1cnn(C(C)(C)C)c1. The molecule has 18 heavy (non-hydrogen) atoms. The third kappa shape index (κ3) is 4.75. The van der Waals surface area contributed by atoms with Crippen LogP contribution in [0.5, 0.6) is 0 Å². The summed E-state index contributed by atoms with van der Waals surface area (Å²) in [5, 5.41) is 18.6. The molecule has 1 rings (SSSR count). The normalized spacial score (nSPS) is 13.2. The molecule has 0 saturated carbocycles. The van der Waals surface area contributed by atoms with Crippen LogP contribution in [0, 0.1) is 0 Å². The Morgan fingerprint density at radius 3 is 2.72 bits per heavy atom. The summed E-state index contributed by atoms with van der Waals surface area (Å²) in [6.45, 7) is 8.23. The number of aromatic nitrogens is 2. The standard InChI is InChI=1S/C12H22N4O2/c1-9(17)5-6-13-11(18)15-10-7-14-16(8-10)12(2,3)4/h7-9,17H,5-6H2,1-4H3,(H2,13,15,18). The number of nitrogens with zero attached hydrogens (tertiary/aromatic N) is 2. The number of amides is 2. The molecule has 0 aliphatic carbocycles. The fourth-order valence-corrected chi connectivity index (χ4v) is 1.32. The molecule has 1 aromatic rings. The molecule has 1 aromatic heterocycles. The molecule has 1 unspecified atom stereocenters. The van der Waals surface area contributed by atoms with Crippen LogP contribution in [0.4, 0.5) is 10.5 Å². The van der Waals surface area contributed by atoms with Gasteiger partial charge in [0.2, 0.25) is 0 Å². The van der Waals surface area contributed by atoms with Gasteiger partial charge in [0.15, 0.2) is 0 Å². The van der Waals surface area contributed by atoms with E-state index in [4.69, 9.17) is 5.11 Å². The first-order valence-corrected chi connectivity index (χ1v) is 6.07. The lowest BCUT2D eigenvalue weighted by Gasteiger charge is -2.18. The second-order valence-corrected chi connectivity index (χ2v) is 5.36. The molecule has 0 saturated heterocycles. The van der Waals surface area contributed by atoms with E-state index in [0.29, 0.717) is 18.7 Å². The smallest absolute Gasteiger partial charge is 0.319 e. The van der Waals surface area contributed by atoms with Crippen LogP contribution in [0.2, 0.25) is 0 Å². The van der Waals surface area contributed by atoms with Crippen LogP contribution in [0.25, 0.3) is 0 Å². The van der Waals surface area contributed by atoms with Crippen LogP contribution in [0.1, 0.15) is 34.1 Å². The van der Waals surface area contributed by atoms with Crippen molar-refractivity contribution in [2.24, 2.45) is 0 Å². The topological polar surface area (TPSA) is 79.2 Å². The van der Waals surface area contributed by atoms with Crippen molar-refractivity contribution in [3.8, 4) is 0 Å². The zero-order valence-corrected chi connectivity index (χ0v) is 11.4. The highest BCUT2D eigenvalue weighted by Gasteiger charge is 2.14. The molecule has 6 nitrogen and oxygen atoms in total. The van der Waals surface area contributed by atoms with Gasteiger partial charge >= 0.3 is 6.03 Å². The van der Waals surface area contributed by atoms with Gasteiger partial charge in [0, 0.05) is 12.7 Å². The fraction of sp³-hybridized carbons (Fsp3) is 0.667. The summed E-state index contributed by atoms with van der Waals surface area (Å²) in [6, 6.07) is -0.288. The van der Waals surface area contributed by atoms with Crippen molar-refractivity contribution < 1.29 is 9.90 Å². The second kappa shape index (κ2) is 5.86. The summed E-state index contributed by atoms with van der Waals surface area (Å²) in [5.41, 5.74) is 0.544. The molecule has 0 aromatic carbocycles. The predicted molar refractivity (Wildman–Crippen MR) is 70.5 cm³/mol. The van der Waals surface area contributed by atoms with Crippen LogP contribution in [0.15, 0.2) is 12.4 Å². The average Bonchev–Trinajstić information content (AvgIpc) is 2.64. The number of anilines is 1. The minimum absolute atomic E-state index is 0.108. The summed E-state index contributed by atoms with van der Waals surface area (Å²) >= 11 is 0. The number of hydrogen-bond acceptors (Lipinski definition) is 3. The largest absolute Gasteiger partial charge is 0.393 e. The lowest BCUT2D eigenvalue weighted by molar-refractivity contribution is 0.184. The Hall–Kier alpha value is -1.56. The van der Waals surface area contributed by atoms with E-state index in [2.05, 4.69) is 15.7 Å². The molecule has 0 fully saturated rings. The number of aliphatic hydroxyl groups is 1. The molecule has 0 spiro atoms. The van der Waals surface area contributed by atoms with Gasteiger partial charge < -0.3 is 15.7 Å². The first kappa shape index (κ1) is 14.5. The van der Waals surface area contributed by atoms with E-state index in [1.54, 1.807) is 24.0 Å². The Kier molecular flexibility index (Phi) is 4.72. The van der Waals surface area contributed by atoms with Crippen LogP contribution in [0.3, 0.4) is 0 Å². The Bertz CT molecular complexity index is 393. The van der Waals surface area contributed by atoms with E-state index >= 15 is 0 Å². The fourth-order valence-electron chi connectivity index (χ4n) is 1.32. The van der Waals surface area contributed by atoms with Gasteiger partial charge in [-0.1, -0.05) is 0 Å². The molecule has 0 bridgehead atoms. The number of hydrogen-bond donors (Lipinski definition) is 3. The van der Waals surface area contributed by atoms with Gasteiger partial charge in [0.25, 0.3) is 0 Å². The van der Waals surface area contributed by atoms with Gasteiger partial charge in [0.05, 0.1) is 23.5 Å². The minimum atomic E-state index is -0.408. The number of carbonyl (C=O) groups excluding carboxylic acids is 1. The third-order valence-corrected chi connectivity index (χ3v) is 2.38. The first-order valence-electron chi connectivity index (χ1n) is 6.07.